The number of hydrogen-bond donors (Lipinski definition) is 2. The number of nitrogens with one attached hydrogen (secondary N) is 2. The zero-order chi connectivity index (χ0) is 20.0. The van der Waals surface area contributed by atoms with Gasteiger partial charge in [0.1, 0.15) is 11.3 Å². The third-order valence-corrected chi connectivity index (χ3v) is 4.69. The standard InChI is InChI=1S/C21H23N3O4/c1-2-21(16-10-5-3-6-11-16)19(26)24(20(27)22-21)23-18(25)14-9-15-28-17-12-7-4-8-13-17/h3-8,10-13H,2,9,14-15H2,1H3,(H,22,27)(H,23,25)/t21-/m0/s1. The van der Waals surface area contributed by atoms with Gasteiger partial charge in [0.25, 0.3) is 5.91 Å². The monoisotopic (exact) mass is 381 g/mol. The van der Waals surface area contributed by atoms with E-state index >= 15 is 0 Å². The molecule has 1 atom stereocenters. The topological polar surface area (TPSA) is 87.7 Å². The summed E-state index contributed by atoms with van der Waals surface area (Å²) in [7, 11) is 0. The molecule has 0 unspecified atom stereocenters. The fourth-order valence-corrected chi connectivity index (χ4v) is 3.16. The summed E-state index contributed by atoms with van der Waals surface area (Å²) in [6, 6.07) is 17.7. The second-order valence-corrected chi connectivity index (χ2v) is 6.50. The Hall–Kier alpha value is -3.35. The van der Waals surface area contributed by atoms with E-state index in [1.54, 1.807) is 24.3 Å². The number of benzene rings is 2. The van der Waals surface area contributed by atoms with Gasteiger partial charge in [-0.3, -0.25) is 15.0 Å². The molecule has 28 heavy (non-hydrogen) atoms. The van der Waals surface area contributed by atoms with Gasteiger partial charge < -0.3 is 10.1 Å². The molecule has 2 aromatic rings. The van der Waals surface area contributed by atoms with E-state index in [1.807, 2.05) is 43.3 Å². The van der Waals surface area contributed by atoms with Crippen LogP contribution in [-0.2, 0) is 15.1 Å². The van der Waals surface area contributed by atoms with Crippen molar-refractivity contribution < 1.29 is 19.1 Å². The highest BCUT2D eigenvalue weighted by molar-refractivity contribution is 6.08. The second-order valence-electron chi connectivity index (χ2n) is 6.50. The Morgan fingerprint density at radius 3 is 2.36 bits per heavy atom. The molecule has 0 radical (unpaired) electrons. The van der Waals surface area contributed by atoms with E-state index in [9.17, 15) is 14.4 Å². The Kier molecular flexibility index (Phi) is 5.93. The summed E-state index contributed by atoms with van der Waals surface area (Å²) in [5, 5.41) is 3.50. The molecule has 146 valence electrons. The van der Waals surface area contributed by atoms with Crippen LogP contribution >= 0.6 is 0 Å². The molecule has 7 heteroatoms. The highest BCUT2D eigenvalue weighted by Crippen LogP contribution is 2.31. The lowest BCUT2D eigenvalue weighted by Gasteiger charge is -2.25. The first-order chi connectivity index (χ1) is 13.6. The van der Waals surface area contributed by atoms with Crippen molar-refractivity contribution in [2.75, 3.05) is 6.61 Å². The van der Waals surface area contributed by atoms with Gasteiger partial charge in [0.05, 0.1) is 6.61 Å². The van der Waals surface area contributed by atoms with Gasteiger partial charge >= 0.3 is 6.03 Å². The van der Waals surface area contributed by atoms with Crippen molar-refractivity contribution in [1.29, 1.82) is 0 Å². The fourth-order valence-electron chi connectivity index (χ4n) is 3.16. The lowest BCUT2D eigenvalue weighted by atomic mass is 9.87. The van der Waals surface area contributed by atoms with Crippen LogP contribution in [0.3, 0.4) is 0 Å². The van der Waals surface area contributed by atoms with E-state index in [4.69, 9.17) is 4.74 Å². The van der Waals surface area contributed by atoms with Gasteiger partial charge in [-0.15, -0.1) is 0 Å². The Morgan fingerprint density at radius 1 is 1.07 bits per heavy atom. The van der Waals surface area contributed by atoms with E-state index in [2.05, 4.69) is 10.7 Å². The number of para-hydroxylation sites is 1. The van der Waals surface area contributed by atoms with E-state index < -0.39 is 23.4 Å². The molecule has 0 aliphatic carbocycles. The van der Waals surface area contributed by atoms with Crippen molar-refractivity contribution in [3.05, 3.63) is 66.2 Å². The number of carbonyl (C=O) groups is 3. The Balaban J connectivity index is 1.56. The number of nitrogens with zero attached hydrogens (tertiary/aromatic N) is 1. The van der Waals surface area contributed by atoms with E-state index in [1.165, 1.54) is 0 Å². The molecule has 2 aromatic carbocycles. The maximum Gasteiger partial charge on any atom is 0.344 e. The molecule has 0 saturated carbocycles. The van der Waals surface area contributed by atoms with Crippen LogP contribution in [0.1, 0.15) is 31.7 Å². The molecule has 7 nitrogen and oxygen atoms in total. The number of urea groups is 1. The SMILES string of the molecule is CC[C@@]1(c2ccccc2)NC(=O)N(NC(=O)CCCOc2ccccc2)C1=O. The number of hydrogen-bond acceptors (Lipinski definition) is 4. The fraction of sp³-hybridized carbons (Fsp3) is 0.286. The van der Waals surface area contributed by atoms with Crippen molar-refractivity contribution in [3.8, 4) is 5.75 Å². The second kappa shape index (κ2) is 8.56. The number of rotatable bonds is 8. The smallest absolute Gasteiger partial charge is 0.344 e. The summed E-state index contributed by atoms with van der Waals surface area (Å²) < 4.78 is 5.54. The molecule has 1 heterocycles. The highest BCUT2D eigenvalue weighted by atomic mass is 16.5. The maximum atomic E-state index is 12.9. The number of imide groups is 1. The van der Waals surface area contributed by atoms with Crippen LogP contribution in [0.25, 0.3) is 0 Å². The van der Waals surface area contributed by atoms with Crippen molar-refractivity contribution in [1.82, 2.24) is 15.8 Å². The third-order valence-electron chi connectivity index (χ3n) is 4.69. The average molecular weight is 381 g/mol. The normalized spacial score (nSPS) is 18.7. The van der Waals surface area contributed by atoms with Crippen molar-refractivity contribution >= 4 is 17.8 Å². The quantitative estimate of drug-likeness (QED) is 0.544. The summed E-state index contributed by atoms with van der Waals surface area (Å²) in [6.07, 6.45) is 0.967. The largest absolute Gasteiger partial charge is 0.494 e. The first-order valence-electron chi connectivity index (χ1n) is 9.26. The summed E-state index contributed by atoms with van der Waals surface area (Å²) in [5.41, 5.74) is 1.93. The lowest BCUT2D eigenvalue weighted by molar-refractivity contribution is -0.139. The maximum absolute atomic E-state index is 12.9. The Labute approximate surface area is 163 Å². The molecule has 3 rings (SSSR count). The van der Waals surface area contributed by atoms with Crippen LogP contribution in [-0.4, -0.2) is 29.5 Å². The summed E-state index contributed by atoms with van der Waals surface area (Å²) in [6.45, 7) is 2.18. The minimum atomic E-state index is -1.16. The van der Waals surface area contributed by atoms with Crippen molar-refractivity contribution in [3.63, 3.8) is 0 Å². The first-order valence-corrected chi connectivity index (χ1v) is 9.26. The van der Waals surface area contributed by atoms with Crippen LogP contribution in [0.15, 0.2) is 60.7 Å². The van der Waals surface area contributed by atoms with Gasteiger partial charge in [-0.05, 0) is 30.5 Å². The van der Waals surface area contributed by atoms with Crippen LogP contribution in [0.4, 0.5) is 4.79 Å². The van der Waals surface area contributed by atoms with E-state index in [0.717, 1.165) is 10.8 Å². The Bertz CT molecular complexity index is 841. The molecular weight excluding hydrogens is 358 g/mol. The van der Waals surface area contributed by atoms with Crippen LogP contribution in [0.2, 0.25) is 0 Å². The predicted molar refractivity (Wildman–Crippen MR) is 103 cm³/mol. The molecule has 1 fully saturated rings. The van der Waals surface area contributed by atoms with Crippen molar-refractivity contribution in [2.24, 2.45) is 0 Å². The van der Waals surface area contributed by atoms with Crippen LogP contribution < -0.4 is 15.5 Å². The average Bonchev–Trinajstić information content (AvgIpc) is 2.98. The van der Waals surface area contributed by atoms with E-state index in [-0.39, 0.29) is 6.42 Å². The predicted octanol–water partition coefficient (Wildman–Crippen LogP) is 2.73. The number of hydrazine groups is 1. The summed E-state index contributed by atoms with van der Waals surface area (Å²) in [5.74, 6) is -0.173. The van der Waals surface area contributed by atoms with Gasteiger partial charge in [-0.1, -0.05) is 55.5 Å². The minimum absolute atomic E-state index is 0.133. The molecular formula is C21H23N3O4. The molecule has 1 aliphatic heterocycles. The highest BCUT2D eigenvalue weighted by Gasteiger charge is 2.52. The molecule has 1 aliphatic rings. The lowest BCUT2D eigenvalue weighted by Crippen LogP contribution is -2.48. The van der Waals surface area contributed by atoms with Gasteiger partial charge in [-0.2, -0.15) is 5.01 Å². The Morgan fingerprint density at radius 2 is 1.71 bits per heavy atom. The van der Waals surface area contributed by atoms with Gasteiger partial charge in [0.2, 0.25) is 5.91 Å². The summed E-state index contributed by atoms with van der Waals surface area (Å²) in [4.78, 5) is 37.5. The molecule has 0 spiro atoms. The molecule has 1 saturated heterocycles. The van der Waals surface area contributed by atoms with Gasteiger partial charge in [0.15, 0.2) is 0 Å². The molecule has 0 bridgehead atoms. The van der Waals surface area contributed by atoms with Crippen molar-refractivity contribution in [2.45, 2.75) is 31.7 Å². The first kappa shape index (κ1) is 19.4. The minimum Gasteiger partial charge on any atom is -0.494 e. The van der Waals surface area contributed by atoms with Crippen LogP contribution in [0.5, 0.6) is 5.75 Å². The van der Waals surface area contributed by atoms with Gasteiger partial charge in [-0.25, -0.2) is 4.79 Å². The zero-order valence-electron chi connectivity index (χ0n) is 15.7. The molecule has 4 amide bonds. The van der Waals surface area contributed by atoms with Gasteiger partial charge in [0, 0.05) is 6.42 Å². The third kappa shape index (κ3) is 3.98. The molecule has 0 aromatic heterocycles. The van der Waals surface area contributed by atoms with E-state index in [0.29, 0.717) is 25.0 Å². The molecule has 2 N–H and O–H groups in total. The van der Waals surface area contributed by atoms with Crippen LogP contribution in [0, 0.1) is 0 Å². The summed E-state index contributed by atoms with van der Waals surface area (Å²) >= 11 is 0. The number of ether oxygens (including phenoxy) is 1. The zero-order valence-corrected chi connectivity index (χ0v) is 15.7. The number of carbonyl (C=O) groups excluding carboxylic acids is 3. The number of amides is 4.